The van der Waals surface area contributed by atoms with Gasteiger partial charge in [-0.15, -0.1) is 24.0 Å². The van der Waals surface area contributed by atoms with Crippen LogP contribution in [0, 0.1) is 0 Å². The molecule has 0 spiro atoms. The summed E-state index contributed by atoms with van der Waals surface area (Å²) in [6.45, 7) is 3.29. The van der Waals surface area contributed by atoms with E-state index >= 15 is 0 Å². The number of hydrogen-bond acceptors (Lipinski definition) is 3. The third kappa shape index (κ3) is 4.90. The van der Waals surface area contributed by atoms with Crippen LogP contribution in [0.25, 0.3) is 0 Å². The monoisotopic (exact) mass is 493 g/mol. The van der Waals surface area contributed by atoms with Gasteiger partial charge in [0, 0.05) is 32.5 Å². The summed E-state index contributed by atoms with van der Waals surface area (Å²) in [6.07, 6.45) is 3.01. The predicted molar refractivity (Wildman–Crippen MR) is 123 cm³/mol. The van der Waals surface area contributed by atoms with E-state index in [1.54, 1.807) is 0 Å². The molecule has 0 fully saturated rings. The van der Waals surface area contributed by atoms with Crippen LogP contribution in [0.5, 0.6) is 11.5 Å². The number of nitrogens with one attached hydrogen (secondary N) is 2. The number of ether oxygens (including phenoxy) is 2. The number of halogens is 1. The molecule has 1 unspecified atom stereocenters. The summed E-state index contributed by atoms with van der Waals surface area (Å²) < 4.78 is 11.3. The Morgan fingerprint density at radius 2 is 1.93 bits per heavy atom. The molecule has 0 aromatic heterocycles. The summed E-state index contributed by atoms with van der Waals surface area (Å²) in [5.41, 5.74) is 3.95. The van der Waals surface area contributed by atoms with Gasteiger partial charge in [-0.25, -0.2) is 0 Å². The van der Waals surface area contributed by atoms with Gasteiger partial charge in [0.05, 0.1) is 13.2 Å². The zero-order valence-corrected chi connectivity index (χ0v) is 18.6. The highest BCUT2D eigenvalue weighted by molar-refractivity contribution is 14.0. The average molecular weight is 493 g/mol. The number of rotatable bonds is 5. The SMILES string of the molecule is CN=C(NCCc1ccc2c(c1)CCO2)NCC1CCOc2ccccc21.I. The summed E-state index contributed by atoms with van der Waals surface area (Å²) in [4.78, 5) is 4.36. The zero-order chi connectivity index (χ0) is 18.5. The van der Waals surface area contributed by atoms with Crippen LogP contribution in [0.2, 0.25) is 0 Å². The van der Waals surface area contributed by atoms with Gasteiger partial charge in [0.2, 0.25) is 0 Å². The van der Waals surface area contributed by atoms with Crippen molar-refractivity contribution in [2.75, 3.05) is 33.4 Å². The molecule has 0 amide bonds. The molecule has 6 heteroatoms. The fraction of sp³-hybridized carbons (Fsp3) is 0.409. The van der Waals surface area contributed by atoms with E-state index in [9.17, 15) is 0 Å². The van der Waals surface area contributed by atoms with E-state index in [-0.39, 0.29) is 24.0 Å². The van der Waals surface area contributed by atoms with E-state index < -0.39 is 0 Å². The average Bonchev–Trinajstić information content (AvgIpc) is 3.18. The van der Waals surface area contributed by atoms with Gasteiger partial charge in [-0.05, 0) is 41.7 Å². The van der Waals surface area contributed by atoms with Crippen molar-refractivity contribution in [3.05, 3.63) is 59.2 Å². The lowest BCUT2D eigenvalue weighted by atomic mass is 9.93. The van der Waals surface area contributed by atoms with Crippen LogP contribution in [-0.4, -0.2) is 39.3 Å². The van der Waals surface area contributed by atoms with E-state index in [0.29, 0.717) is 5.92 Å². The van der Waals surface area contributed by atoms with E-state index in [0.717, 1.165) is 63.0 Å². The van der Waals surface area contributed by atoms with E-state index in [4.69, 9.17) is 9.47 Å². The molecule has 1 atom stereocenters. The van der Waals surface area contributed by atoms with E-state index in [1.165, 1.54) is 16.7 Å². The number of guanidine groups is 1. The van der Waals surface area contributed by atoms with Crippen molar-refractivity contribution < 1.29 is 9.47 Å². The topological polar surface area (TPSA) is 54.9 Å². The zero-order valence-electron chi connectivity index (χ0n) is 16.2. The summed E-state index contributed by atoms with van der Waals surface area (Å²) in [7, 11) is 1.82. The standard InChI is InChI=1S/C22H27N3O2.HI/c1-23-22(24-11-8-16-6-7-20-17(14-16)9-12-26-20)25-15-18-10-13-27-21-5-3-2-4-19(18)21;/h2-7,14,18H,8-13,15H2,1H3,(H2,23,24,25);1H. The second-order valence-electron chi connectivity index (χ2n) is 7.04. The summed E-state index contributed by atoms with van der Waals surface area (Å²) in [5.74, 6) is 3.36. The molecule has 28 heavy (non-hydrogen) atoms. The predicted octanol–water partition coefficient (Wildman–Crippen LogP) is 3.51. The maximum atomic E-state index is 5.75. The molecule has 2 aliphatic rings. The lowest BCUT2D eigenvalue weighted by Crippen LogP contribution is -2.40. The second-order valence-corrected chi connectivity index (χ2v) is 7.04. The van der Waals surface area contributed by atoms with Crippen molar-refractivity contribution in [2.24, 2.45) is 4.99 Å². The highest BCUT2D eigenvalue weighted by Gasteiger charge is 2.21. The van der Waals surface area contributed by atoms with Crippen molar-refractivity contribution in [1.29, 1.82) is 0 Å². The molecule has 0 radical (unpaired) electrons. The highest BCUT2D eigenvalue weighted by Crippen LogP contribution is 2.32. The summed E-state index contributed by atoms with van der Waals surface area (Å²) in [5, 5.41) is 6.90. The van der Waals surface area contributed by atoms with Crippen LogP contribution in [0.4, 0.5) is 0 Å². The normalized spacial score (nSPS) is 17.5. The molecule has 0 saturated carbocycles. The third-order valence-electron chi connectivity index (χ3n) is 5.28. The van der Waals surface area contributed by atoms with Crippen molar-refractivity contribution in [3.63, 3.8) is 0 Å². The van der Waals surface area contributed by atoms with Gasteiger partial charge in [0.1, 0.15) is 11.5 Å². The molecular formula is C22H28IN3O2. The third-order valence-corrected chi connectivity index (χ3v) is 5.28. The Balaban J connectivity index is 0.00000225. The van der Waals surface area contributed by atoms with Gasteiger partial charge in [0.15, 0.2) is 5.96 Å². The van der Waals surface area contributed by atoms with Gasteiger partial charge in [-0.2, -0.15) is 0 Å². The minimum atomic E-state index is 0. The Labute approximate surface area is 183 Å². The Morgan fingerprint density at radius 3 is 2.82 bits per heavy atom. The Hall–Kier alpha value is -1.96. The number of fused-ring (bicyclic) bond motifs is 2. The lowest BCUT2D eigenvalue weighted by molar-refractivity contribution is 0.267. The van der Waals surface area contributed by atoms with E-state index in [2.05, 4.69) is 52.0 Å². The number of aliphatic imine (C=N–C) groups is 1. The first-order valence-electron chi connectivity index (χ1n) is 9.74. The van der Waals surface area contributed by atoms with Crippen LogP contribution >= 0.6 is 24.0 Å². The second kappa shape index (κ2) is 10.0. The molecule has 0 aliphatic carbocycles. The minimum Gasteiger partial charge on any atom is -0.493 e. The smallest absolute Gasteiger partial charge is 0.191 e. The number of nitrogens with zero attached hydrogens (tertiary/aromatic N) is 1. The summed E-state index contributed by atoms with van der Waals surface area (Å²) in [6, 6.07) is 14.8. The molecule has 2 N–H and O–H groups in total. The fourth-order valence-corrected chi connectivity index (χ4v) is 3.79. The van der Waals surface area contributed by atoms with Crippen molar-refractivity contribution in [2.45, 2.75) is 25.2 Å². The first kappa shape index (κ1) is 20.8. The molecule has 2 aromatic rings. The van der Waals surface area contributed by atoms with Crippen LogP contribution in [0.1, 0.15) is 29.0 Å². The lowest BCUT2D eigenvalue weighted by Gasteiger charge is -2.26. The molecule has 2 heterocycles. The number of benzene rings is 2. The van der Waals surface area contributed by atoms with Gasteiger partial charge in [0.25, 0.3) is 0 Å². The van der Waals surface area contributed by atoms with Crippen LogP contribution in [0.15, 0.2) is 47.5 Å². The van der Waals surface area contributed by atoms with Crippen LogP contribution in [0.3, 0.4) is 0 Å². The number of hydrogen-bond donors (Lipinski definition) is 2. The largest absolute Gasteiger partial charge is 0.493 e. The first-order chi connectivity index (χ1) is 13.3. The van der Waals surface area contributed by atoms with Gasteiger partial charge in [-0.1, -0.05) is 30.3 Å². The number of para-hydroxylation sites is 1. The molecule has 4 rings (SSSR count). The summed E-state index contributed by atoms with van der Waals surface area (Å²) >= 11 is 0. The molecule has 5 nitrogen and oxygen atoms in total. The Kier molecular flexibility index (Phi) is 7.42. The molecule has 2 aliphatic heterocycles. The molecular weight excluding hydrogens is 465 g/mol. The molecule has 2 aromatic carbocycles. The van der Waals surface area contributed by atoms with Gasteiger partial charge >= 0.3 is 0 Å². The first-order valence-corrected chi connectivity index (χ1v) is 9.74. The van der Waals surface area contributed by atoms with Gasteiger partial charge in [-0.3, -0.25) is 4.99 Å². The maximum absolute atomic E-state index is 5.75. The fourth-order valence-electron chi connectivity index (χ4n) is 3.79. The highest BCUT2D eigenvalue weighted by atomic mass is 127. The maximum Gasteiger partial charge on any atom is 0.191 e. The van der Waals surface area contributed by atoms with Crippen LogP contribution in [-0.2, 0) is 12.8 Å². The van der Waals surface area contributed by atoms with Crippen molar-refractivity contribution in [3.8, 4) is 11.5 Å². The van der Waals surface area contributed by atoms with Crippen molar-refractivity contribution >= 4 is 29.9 Å². The molecule has 150 valence electrons. The van der Waals surface area contributed by atoms with Crippen molar-refractivity contribution in [1.82, 2.24) is 10.6 Å². The quantitative estimate of drug-likeness (QED) is 0.381. The van der Waals surface area contributed by atoms with E-state index in [1.807, 2.05) is 13.1 Å². The molecule has 0 bridgehead atoms. The molecule has 0 saturated heterocycles. The van der Waals surface area contributed by atoms with Gasteiger partial charge < -0.3 is 20.1 Å². The van der Waals surface area contributed by atoms with Crippen LogP contribution < -0.4 is 20.1 Å². The minimum absolute atomic E-state index is 0. The Bertz CT molecular complexity index is 825. The Morgan fingerprint density at radius 1 is 1.07 bits per heavy atom.